The fourth-order valence-corrected chi connectivity index (χ4v) is 6.71. The van der Waals surface area contributed by atoms with Gasteiger partial charge in [-0.2, -0.15) is 0 Å². The number of aromatic nitrogens is 1. The molecular formula is C27H34N4O3S. The molecule has 2 saturated heterocycles. The van der Waals surface area contributed by atoms with Crippen molar-refractivity contribution in [2.45, 2.75) is 45.1 Å². The summed E-state index contributed by atoms with van der Waals surface area (Å²) in [4.78, 5) is 18.1. The number of benzene rings is 2. The number of nitrogens with one attached hydrogen (secondary N) is 1. The minimum absolute atomic E-state index is 0.132. The van der Waals surface area contributed by atoms with Crippen molar-refractivity contribution in [1.82, 2.24) is 14.2 Å². The van der Waals surface area contributed by atoms with E-state index in [1.54, 1.807) is 11.2 Å². The van der Waals surface area contributed by atoms with Gasteiger partial charge in [-0.1, -0.05) is 24.3 Å². The number of nitrogens with zero attached hydrogens (tertiary/aromatic N) is 2. The Morgan fingerprint density at radius 2 is 1.71 bits per heavy atom. The van der Waals surface area contributed by atoms with Gasteiger partial charge in [-0.05, 0) is 86.0 Å². The molecular weight excluding hydrogens is 460 g/mol. The summed E-state index contributed by atoms with van der Waals surface area (Å²) in [6.07, 6.45) is 6.04. The maximum Gasteiger partial charge on any atom is 0.250 e. The number of hydrogen-bond donors (Lipinski definition) is 2. The SMILES string of the molecule is CCS(=O)(=O)N1CCC(c2c[nH]c3c(C(N)=O)cc(-c4ccc(CN5CCCC5)cc4)cc23)CC1. The largest absolute Gasteiger partial charge is 0.366 e. The highest BCUT2D eigenvalue weighted by Crippen LogP contribution is 2.37. The molecule has 3 aromatic rings. The molecule has 0 radical (unpaired) electrons. The molecule has 0 saturated carbocycles. The first kappa shape index (κ1) is 24.0. The summed E-state index contributed by atoms with van der Waals surface area (Å²) >= 11 is 0. The predicted octanol–water partition coefficient (Wildman–Crippen LogP) is 4.06. The van der Waals surface area contributed by atoms with Gasteiger partial charge in [0.2, 0.25) is 10.0 Å². The quantitative estimate of drug-likeness (QED) is 0.517. The molecule has 0 atom stereocenters. The summed E-state index contributed by atoms with van der Waals surface area (Å²) in [6, 6.07) is 12.6. The predicted molar refractivity (Wildman–Crippen MR) is 140 cm³/mol. The molecule has 3 N–H and O–H groups in total. The molecule has 2 aromatic carbocycles. The Kier molecular flexibility index (Phi) is 6.70. The first-order valence-corrected chi connectivity index (χ1v) is 14.2. The molecule has 186 valence electrons. The Hall–Kier alpha value is -2.68. The zero-order valence-electron chi connectivity index (χ0n) is 20.3. The maximum atomic E-state index is 12.3. The lowest BCUT2D eigenvalue weighted by Gasteiger charge is -2.31. The van der Waals surface area contributed by atoms with Gasteiger partial charge < -0.3 is 10.7 Å². The number of carbonyl (C=O) groups is 1. The number of carbonyl (C=O) groups excluding carboxylic acids is 1. The molecule has 0 aliphatic carbocycles. The van der Waals surface area contributed by atoms with Gasteiger partial charge in [0.05, 0.1) is 16.8 Å². The number of rotatable bonds is 7. The maximum absolute atomic E-state index is 12.3. The molecule has 3 heterocycles. The number of fused-ring (bicyclic) bond motifs is 1. The van der Waals surface area contributed by atoms with Crippen LogP contribution in [0.2, 0.25) is 0 Å². The average Bonchev–Trinajstić information content (AvgIpc) is 3.54. The van der Waals surface area contributed by atoms with Gasteiger partial charge >= 0.3 is 0 Å². The summed E-state index contributed by atoms with van der Waals surface area (Å²) in [7, 11) is -3.17. The van der Waals surface area contributed by atoms with Crippen LogP contribution < -0.4 is 5.73 Å². The number of amides is 1. The van der Waals surface area contributed by atoms with Gasteiger partial charge in [-0.25, -0.2) is 12.7 Å². The van der Waals surface area contributed by atoms with E-state index >= 15 is 0 Å². The Labute approximate surface area is 207 Å². The lowest BCUT2D eigenvalue weighted by atomic mass is 9.88. The topological polar surface area (TPSA) is 99.5 Å². The summed E-state index contributed by atoms with van der Waals surface area (Å²) in [6.45, 7) is 6.04. The van der Waals surface area contributed by atoms with Crippen molar-refractivity contribution in [2.75, 3.05) is 31.9 Å². The van der Waals surface area contributed by atoms with Crippen LogP contribution in [0, 0.1) is 0 Å². The second-order valence-electron chi connectivity index (χ2n) is 9.81. The molecule has 7 nitrogen and oxygen atoms in total. The number of hydrogen-bond acceptors (Lipinski definition) is 4. The van der Waals surface area contributed by atoms with Crippen molar-refractivity contribution in [1.29, 1.82) is 0 Å². The third-order valence-electron chi connectivity index (χ3n) is 7.63. The average molecular weight is 495 g/mol. The van der Waals surface area contributed by atoms with E-state index in [9.17, 15) is 13.2 Å². The highest BCUT2D eigenvalue weighted by Gasteiger charge is 2.29. The van der Waals surface area contributed by atoms with Crippen molar-refractivity contribution in [3.05, 3.63) is 59.3 Å². The number of likely N-dealkylation sites (tertiary alicyclic amines) is 1. The summed E-state index contributed by atoms with van der Waals surface area (Å²) in [5.74, 6) is -0.0990. The zero-order chi connectivity index (χ0) is 24.6. The lowest BCUT2D eigenvalue weighted by Crippen LogP contribution is -2.38. The molecule has 0 unspecified atom stereocenters. The Morgan fingerprint density at radius 3 is 2.34 bits per heavy atom. The van der Waals surface area contributed by atoms with Crippen LogP contribution >= 0.6 is 0 Å². The Bertz CT molecular complexity index is 1320. The van der Waals surface area contributed by atoms with Gasteiger partial charge in [0.1, 0.15) is 0 Å². The molecule has 2 fully saturated rings. The third-order valence-corrected chi connectivity index (χ3v) is 9.51. The second-order valence-corrected chi connectivity index (χ2v) is 12.1. The minimum atomic E-state index is -3.17. The highest BCUT2D eigenvalue weighted by atomic mass is 32.2. The van der Waals surface area contributed by atoms with Crippen molar-refractivity contribution in [3.8, 4) is 11.1 Å². The van der Waals surface area contributed by atoms with Crippen LogP contribution in [0.3, 0.4) is 0 Å². The van der Waals surface area contributed by atoms with Crippen LogP contribution in [0.15, 0.2) is 42.6 Å². The number of sulfonamides is 1. The molecule has 2 aliphatic heterocycles. The second kappa shape index (κ2) is 9.76. The molecule has 1 amide bonds. The smallest absolute Gasteiger partial charge is 0.250 e. The van der Waals surface area contributed by atoms with Crippen molar-refractivity contribution in [2.24, 2.45) is 5.73 Å². The van der Waals surface area contributed by atoms with Crippen molar-refractivity contribution < 1.29 is 13.2 Å². The molecule has 35 heavy (non-hydrogen) atoms. The standard InChI is InChI=1S/C27H34N4O3S/c1-2-35(33,34)31-13-9-21(10-14-31)25-17-29-26-23(25)15-22(16-24(26)27(28)32)20-7-5-19(6-8-20)18-30-11-3-4-12-30/h5-8,15-17,21,29H,2-4,9-14,18H2,1H3,(H2,28,32). The van der Waals surface area contributed by atoms with Crippen molar-refractivity contribution >= 4 is 26.8 Å². The zero-order valence-corrected chi connectivity index (χ0v) is 21.1. The van der Waals surface area contributed by atoms with Crippen LogP contribution in [0.5, 0.6) is 0 Å². The van der Waals surface area contributed by atoms with Crippen LogP contribution in [-0.4, -0.2) is 60.4 Å². The molecule has 2 aliphatic rings. The Morgan fingerprint density at radius 1 is 1.03 bits per heavy atom. The first-order chi connectivity index (χ1) is 16.9. The number of H-pyrrole nitrogens is 1. The van der Waals surface area contributed by atoms with Gasteiger partial charge in [0.25, 0.3) is 5.91 Å². The summed E-state index contributed by atoms with van der Waals surface area (Å²) in [5.41, 5.74) is 11.4. The number of aromatic amines is 1. The van der Waals surface area contributed by atoms with E-state index in [4.69, 9.17) is 5.73 Å². The van der Waals surface area contributed by atoms with Gasteiger partial charge in [0, 0.05) is 31.2 Å². The van der Waals surface area contributed by atoms with Gasteiger partial charge in [-0.15, -0.1) is 0 Å². The summed E-state index contributed by atoms with van der Waals surface area (Å²) in [5, 5.41) is 0.995. The number of nitrogens with two attached hydrogens (primary N) is 1. The highest BCUT2D eigenvalue weighted by molar-refractivity contribution is 7.89. The van der Waals surface area contributed by atoms with E-state index in [0.29, 0.717) is 18.7 Å². The fraction of sp³-hybridized carbons (Fsp3) is 0.444. The molecule has 8 heteroatoms. The van der Waals surface area contributed by atoms with Crippen LogP contribution in [0.4, 0.5) is 0 Å². The molecule has 0 bridgehead atoms. The van der Waals surface area contributed by atoms with Gasteiger partial charge in [0.15, 0.2) is 0 Å². The third kappa shape index (κ3) is 4.87. The van der Waals surface area contributed by atoms with E-state index in [1.807, 2.05) is 12.3 Å². The normalized spacial score (nSPS) is 18.4. The monoisotopic (exact) mass is 494 g/mol. The van der Waals surface area contributed by atoms with E-state index in [0.717, 1.165) is 47.0 Å². The number of piperidine rings is 1. The minimum Gasteiger partial charge on any atom is -0.366 e. The van der Waals surface area contributed by atoms with Crippen LogP contribution in [-0.2, 0) is 16.6 Å². The molecule has 0 spiro atoms. The lowest BCUT2D eigenvalue weighted by molar-refractivity contribution is 0.100. The van der Waals surface area contributed by atoms with Gasteiger partial charge in [-0.3, -0.25) is 9.69 Å². The van der Waals surface area contributed by atoms with Crippen LogP contribution in [0.1, 0.15) is 60.0 Å². The summed E-state index contributed by atoms with van der Waals surface area (Å²) < 4.78 is 26.1. The molecule has 1 aromatic heterocycles. The number of primary amides is 1. The van der Waals surface area contributed by atoms with E-state index in [-0.39, 0.29) is 11.7 Å². The van der Waals surface area contributed by atoms with E-state index in [1.165, 1.54) is 31.5 Å². The van der Waals surface area contributed by atoms with Crippen molar-refractivity contribution in [3.63, 3.8) is 0 Å². The Balaban J connectivity index is 1.44. The van der Waals surface area contributed by atoms with Crippen LogP contribution in [0.25, 0.3) is 22.0 Å². The van der Waals surface area contributed by atoms with E-state index < -0.39 is 15.9 Å². The first-order valence-electron chi connectivity index (χ1n) is 12.6. The van der Waals surface area contributed by atoms with E-state index in [2.05, 4.69) is 40.2 Å². The fourth-order valence-electron chi connectivity index (χ4n) is 5.58. The molecule has 5 rings (SSSR count).